The van der Waals surface area contributed by atoms with Crippen LogP contribution >= 0.6 is 0 Å². The average molecular weight is 331 g/mol. The van der Waals surface area contributed by atoms with Crippen molar-refractivity contribution in [2.75, 3.05) is 0 Å². The molecule has 0 unspecified atom stereocenters. The summed E-state index contributed by atoms with van der Waals surface area (Å²) < 4.78 is 0. The highest BCUT2D eigenvalue weighted by Crippen LogP contribution is 2.61. The molecule has 3 rings (SSSR count). The molecule has 2 fully saturated rings. The van der Waals surface area contributed by atoms with Crippen molar-refractivity contribution in [3.05, 3.63) is 35.9 Å². The number of likely N-dealkylation sites (tertiary alicyclic amines) is 1. The number of carbonyl (C=O) groups is 2. The highest BCUT2D eigenvalue weighted by molar-refractivity contribution is 5.89. The lowest BCUT2D eigenvalue weighted by molar-refractivity contribution is -0.165. The van der Waals surface area contributed by atoms with E-state index in [-0.39, 0.29) is 11.9 Å². The van der Waals surface area contributed by atoms with E-state index in [1.807, 2.05) is 44.2 Å². The lowest BCUT2D eigenvalue weighted by Gasteiger charge is -2.42. The normalized spacial score (nSPS) is 34.9. The maximum absolute atomic E-state index is 13.2. The summed E-state index contributed by atoms with van der Waals surface area (Å²) in [5.41, 5.74) is -1.07. The van der Waals surface area contributed by atoms with Gasteiger partial charge >= 0.3 is 5.97 Å². The Labute approximate surface area is 142 Å². The Morgan fingerprint density at radius 3 is 2.46 bits per heavy atom. The predicted octanol–water partition coefficient (Wildman–Crippen LogP) is 2.81. The topological polar surface area (TPSA) is 77.8 Å². The Morgan fingerprint density at radius 2 is 1.88 bits per heavy atom. The van der Waals surface area contributed by atoms with Crippen LogP contribution < -0.4 is 0 Å². The molecule has 130 valence electrons. The van der Waals surface area contributed by atoms with Crippen molar-refractivity contribution in [2.45, 2.75) is 51.8 Å². The molecule has 1 aliphatic carbocycles. The summed E-state index contributed by atoms with van der Waals surface area (Å²) in [5, 5.41) is 20.9. The lowest BCUT2D eigenvalue weighted by atomic mass is 9.69. The number of benzene rings is 1. The third kappa shape index (κ3) is 2.10. The summed E-state index contributed by atoms with van der Waals surface area (Å²) in [4.78, 5) is 26.3. The fraction of sp³-hybridized carbons (Fsp3) is 0.579. The summed E-state index contributed by atoms with van der Waals surface area (Å²) in [7, 11) is 0. The molecule has 1 heterocycles. The first-order valence-corrected chi connectivity index (χ1v) is 8.57. The Morgan fingerprint density at radius 1 is 1.25 bits per heavy atom. The van der Waals surface area contributed by atoms with E-state index in [4.69, 9.17) is 0 Å². The first-order chi connectivity index (χ1) is 11.2. The number of amides is 1. The molecule has 1 aromatic carbocycles. The van der Waals surface area contributed by atoms with Gasteiger partial charge in [0.1, 0.15) is 5.72 Å². The smallest absolute Gasteiger partial charge is 0.307 e. The van der Waals surface area contributed by atoms with Crippen molar-refractivity contribution >= 4 is 11.9 Å². The average Bonchev–Trinajstić information content (AvgIpc) is 2.91. The number of rotatable bonds is 4. The van der Waals surface area contributed by atoms with E-state index in [0.29, 0.717) is 12.8 Å². The van der Waals surface area contributed by atoms with E-state index >= 15 is 0 Å². The van der Waals surface area contributed by atoms with Crippen molar-refractivity contribution in [1.82, 2.24) is 4.90 Å². The summed E-state index contributed by atoms with van der Waals surface area (Å²) in [6.07, 6.45) is 1.95. The minimum absolute atomic E-state index is 0.244. The molecule has 5 atom stereocenters. The van der Waals surface area contributed by atoms with Crippen LogP contribution in [0.1, 0.15) is 51.6 Å². The predicted molar refractivity (Wildman–Crippen MR) is 88.9 cm³/mol. The van der Waals surface area contributed by atoms with Crippen molar-refractivity contribution in [2.24, 2.45) is 17.3 Å². The van der Waals surface area contributed by atoms with Crippen molar-refractivity contribution < 1.29 is 19.8 Å². The van der Waals surface area contributed by atoms with Crippen LogP contribution in [0.3, 0.4) is 0 Å². The van der Waals surface area contributed by atoms with Gasteiger partial charge in [-0.3, -0.25) is 9.59 Å². The maximum atomic E-state index is 13.2. The highest BCUT2D eigenvalue weighted by Gasteiger charge is 2.69. The number of carboxylic acid groups (broad SMARTS) is 1. The molecule has 2 aliphatic rings. The monoisotopic (exact) mass is 331 g/mol. The molecule has 1 amide bonds. The zero-order valence-corrected chi connectivity index (χ0v) is 14.4. The van der Waals surface area contributed by atoms with Gasteiger partial charge in [0, 0.05) is 5.41 Å². The number of hydrogen-bond acceptors (Lipinski definition) is 3. The molecule has 1 saturated carbocycles. The number of carboxylic acids is 1. The van der Waals surface area contributed by atoms with Crippen molar-refractivity contribution in [1.29, 1.82) is 0 Å². The van der Waals surface area contributed by atoms with Crippen molar-refractivity contribution in [3.63, 3.8) is 0 Å². The van der Waals surface area contributed by atoms with Crippen LogP contribution in [0.2, 0.25) is 0 Å². The van der Waals surface area contributed by atoms with Gasteiger partial charge in [-0.25, -0.2) is 0 Å². The molecule has 2 N–H and O–H groups in total. The summed E-state index contributed by atoms with van der Waals surface area (Å²) in [6.45, 7) is 5.35. The number of aliphatic carboxylic acids is 1. The molecule has 1 aliphatic heterocycles. The Balaban J connectivity index is 2.07. The fourth-order valence-corrected chi connectivity index (χ4v) is 4.89. The summed E-state index contributed by atoms with van der Waals surface area (Å²) in [6, 6.07) is 9.28. The summed E-state index contributed by atoms with van der Waals surface area (Å²) >= 11 is 0. The van der Waals surface area contributed by atoms with E-state index < -0.39 is 28.9 Å². The van der Waals surface area contributed by atoms with Crippen LogP contribution in [0.25, 0.3) is 0 Å². The fourth-order valence-electron chi connectivity index (χ4n) is 4.89. The second-order valence-electron chi connectivity index (χ2n) is 7.49. The largest absolute Gasteiger partial charge is 0.481 e. The molecular weight excluding hydrogens is 306 g/mol. The zero-order valence-electron chi connectivity index (χ0n) is 14.4. The number of fused-ring (bicyclic) bond motifs is 1. The second-order valence-corrected chi connectivity index (χ2v) is 7.49. The molecule has 1 aromatic rings. The Kier molecular flexibility index (Phi) is 3.95. The van der Waals surface area contributed by atoms with Gasteiger partial charge in [0.2, 0.25) is 5.91 Å². The van der Waals surface area contributed by atoms with Crippen LogP contribution in [0.5, 0.6) is 0 Å². The van der Waals surface area contributed by atoms with Crippen LogP contribution in [-0.2, 0) is 9.59 Å². The molecular formula is C19H25NO4. The Bertz CT molecular complexity index is 661. The molecule has 1 saturated heterocycles. The van der Waals surface area contributed by atoms with E-state index in [1.54, 1.807) is 11.8 Å². The molecule has 24 heavy (non-hydrogen) atoms. The first-order valence-electron chi connectivity index (χ1n) is 8.57. The number of nitrogens with zero attached hydrogens (tertiary/aromatic N) is 1. The van der Waals surface area contributed by atoms with E-state index in [9.17, 15) is 19.8 Å². The van der Waals surface area contributed by atoms with Crippen LogP contribution in [0.4, 0.5) is 0 Å². The van der Waals surface area contributed by atoms with Gasteiger partial charge in [0.05, 0.1) is 17.9 Å². The van der Waals surface area contributed by atoms with Crippen LogP contribution in [0, 0.1) is 17.3 Å². The SMILES string of the molecule is C[C@H](C(=O)O)[C@H]1C(=O)N([C@@H](C)c2ccccc2)[C@]2(O)CCC[C@]12C. The molecule has 0 radical (unpaired) electrons. The van der Waals surface area contributed by atoms with E-state index in [0.717, 1.165) is 12.0 Å². The summed E-state index contributed by atoms with van der Waals surface area (Å²) in [5.74, 6) is -2.75. The standard InChI is InChI=1S/C19H25NO4/c1-12(17(22)23)15-16(21)20(13(2)14-8-5-4-6-9-14)19(24)11-7-10-18(15,19)3/h4-6,8-9,12-13,15,24H,7,10-11H2,1-3H3,(H,22,23)/t12-,13-,15-,18+,19-/m0/s1. The van der Waals surface area contributed by atoms with Gasteiger partial charge < -0.3 is 15.1 Å². The van der Waals surface area contributed by atoms with E-state index in [2.05, 4.69) is 0 Å². The van der Waals surface area contributed by atoms with Crippen molar-refractivity contribution in [3.8, 4) is 0 Å². The third-order valence-electron chi connectivity index (χ3n) is 6.28. The third-order valence-corrected chi connectivity index (χ3v) is 6.28. The van der Waals surface area contributed by atoms with Crippen LogP contribution in [0.15, 0.2) is 30.3 Å². The van der Waals surface area contributed by atoms with Gasteiger partial charge in [-0.2, -0.15) is 0 Å². The minimum Gasteiger partial charge on any atom is -0.481 e. The van der Waals surface area contributed by atoms with E-state index in [1.165, 1.54) is 0 Å². The molecule has 0 aromatic heterocycles. The minimum atomic E-state index is -1.28. The quantitative estimate of drug-likeness (QED) is 0.889. The lowest BCUT2D eigenvalue weighted by Crippen LogP contribution is -2.51. The van der Waals surface area contributed by atoms with Crippen LogP contribution in [-0.4, -0.2) is 32.7 Å². The van der Waals surface area contributed by atoms with Gasteiger partial charge in [-0.05, 0) is 31.7 Å². The Hall–Kier alpha value is -1.88. The molecule has 0 spiro atoms. The van der Waals surface area contributed by atoms with Gasteiger partial charge in [0.25, 0.3) is 0 Å². The maximum Gasteiger partial charge on any atom is 0.307 e. The molecule has 5 nitrogen and oxygen atoms in total. The first kappa shape index (κ1) is 17.0. The van der Waals surface area contributed by atoms with Gasteiger partial charge in [-0.15, -0.1) is 0 Å². The zero-order chi connectivity index (χ0) is 17.7. The molecule has 0 bridgehead atoms. The molecule has 5 heteroatoms. The van der Waals surface area contributed by atoms with Gasteiger partial charge in [-0.1, -0.05) is 44.2 Å². The number of carbonyl (C=O) groups excluding carboxylic acids is 1. The van der Waals surface area contributed by atoms with Gasteiger partial charge in [0.15, 0.2) is 0 Å². The highest BCUT2D eigenvalue weighted by atomic mass is 16.4. The number of hydrogen-bond donors (Lipinski definition) is 2. The second kappa shape index (κ2) is 5.59. The number of aliphatic hydroxyl groups is 1.